The van der Waals surface area contributed by atoms with Crippen molar-refractivity contribution in [3.8, 4) is 0 Å². The number of hydrogen-bond acceptors (Lipinski definition) is 5. The Morgan fingerprint density at radius 2 is 2.18 bits per heavy atom. The number of hydrogen-bond donors (Lipinski definition) is 1. The summed E-state index contributed by atoms with van der Waals surface area (Å²) in [6, 6.07) is 0. The fraction of sp³-hybridized carbons (Fsp3) is 0.765. The second-order valence-corrected chi connectivity index (χ2v) is 7.32. The van der Waals surface area contributed by atoms with Gasteiger partial charge in [0.05, 0.1) is 12.0 Å². The first-order chi connectivity index (χ1) is 10.3. The van der Waals surface area contributed by atoms with E-state index < -0.39 is 17.6 Å². The maximum Gasteiger partial charge on any atom is 0.309 e. The van der Waals surface area contributed by atoms with Crippen LogP contribution < -0.4 is 0 Å². The van der Waals surface area contributed by atoms with Crippen molar-refractivity contribution in [3.05, 3.63) is 12.2 Å². The molecular formula is C17H24O5. The van der Waals surface area contributed by atoms with Crippen LogP contribution in [0.5, 0.6) is 0 Å². The molecule has 0 aromatic carbocycles. The van der Waals surface area contributed by atoms with Gasteiger partial charge in [0.15, 0.2) is 0 Å². The van der Waals surface area contributed by atoms with Crippen LogP contribution >= 0.6 is 0 Å². The Labute approximate surface area is 130 Å². The van der Waals surface area contributed by atoms with Crippen LogP contribution in [0.4, 0.5) is 0 Å². The molecule has 1 saturated heterocycles. The van der Waals surface area contributed by atoms with Gasteiger partial charge in [-0.1, -0.05) is 26.0 Å². The zero-order chi connectivity index (χ0) is 16.2. The number of carbonyl (C=O) groups excluding carboxylic acids is 2. The van der Waals surface area contributed by atoms with Gasteiger partial charge in [0, 0.05) is 24.2 Å². The molecule has 1 N–H and O–H groups in total. The van der Waals surface area contributed by atoms with Crippen molar-refractivity contribution in [3.63, 3.8) is 0 Å². The Hall–Kier alpha value is -1.36. The summed E-state index contributed by atoms with van der Waals surface area (Å²) in [5, 5.41) is 10.6. The Morgan fingerprint density at radius 1 is 1.50 bits per heavy atom. The molecule has 3 rings (SSSR count). The Balaban J connectivity index is 2.02. The molecule has 0 aromatic rings. The van der Waals surface area contributed by atoms with E-state index in [1.54, 1.807) is 0 Å². The van der Waals surface area contributed by atoms with Gasteiger partial charge in [-0.25, -0.2) is 0 Å². The minimum Gasteiger partial charge on any atom is -0.462 e. The zero-order valence-corrected chi connectivity index (χ0v) is 13.4. The normalized spacial score (nSPS) is 47.5. The lowest BCUT2D eigenvalue weighted by atomic mass is 9.53. The van der Waals surface area contributed by atoms with E-state index in [1.807, 2.05) is 13.8 Å². The summed E-state index contributed by atoms with van der Waals surface area (Å²) in [5.41, 5.74) is 0.562. The predicted octanol–water partition coefficient (Wildman–Crippen LogP) is 1.83. The van der Waals surface area contributed by atoms with Crippen LogP contribution in [0.25, 0.3) is 0 Å². The van der Waals surface area contributed by atoms with E-state index in [9.17, 15) is 14.7 Å². The van der Waals surface area contributed by atoms with E-state index in [-0.39, 0.29) is 35.8 Å². The van der Waals surface area contributed by atoms with E-state index in [2.05, 4.69) is 6.58 Å². The van der Waals surface area contributed by atoms with Crippen molar-refractivity contribution in [2.24, 2.45) is 23.2 Å². The molecule has 2 aliphatic carbocycles. The zero-order valence-electron chi connectivity index (χ0n) is 13.4. The molecule has 0 radical (unpaired) electrons. The summed E-state index contributed by atoms with van der Waals surface area (Å²) in [6.07, 6.45) is 0.684. The van der Waals surface area contributed by atoms with Crippen LogP contribution in [0.1, 0.15) is 40.0 Å². The molecular weight excluding hydrogens is 284 g/mol. The van der Waals surface area contributed by atoms with Crippen LogP contribution in [0, 0.1) is 23.2 Å². The van der Waals surface area contributed by atoms with Gasteiger partial charge < -0.3 is 14.6 Å². The second-order valence-electron chi connectivity index (χ2n) is 7.32. The molecule has 3 fully saturated rings. The highest BCUT2D eigenvalue weighted by Crippen LogP contribution is 2.58. The van der Waals surface area contributed by atoms with Gasteiger partial charge in [-0.3, -0.25) is 9.59 Å². The fourth-order valence-corrected chi connectivity index (χ4v) is 4.84. The lowest BCUT2D eigenvalue weighted by Gasteiger charge is -2.54. The van der Waals surface area contributed by atoms with Crippen molar-refractivity contribution in [1.82, 2.24) is 0 Å². The topological polar surface area (TPSA) is 72.8 Å². The maximum absolute atomic E-state index is 12.1. The molecule has 5 heteroatoms. The van der Waals surface area contributed by atoms with Crippen molar-refractivity contribution < 1.29 is 24.2 Å². The van der Waals surface area contributed by atoms with Gasteiger partial charge in [-0.2, -0.15) is 0 Å². The van der Waals surface area contributed by atoms with Crippen LogP contribution in [0.15, 0.2) is 12.2 Å². The molecule has 0 unspecified atom stereocenters. The van der Waals surface area contributed by atoms with Gasteiger partial charge in [-0.05, 0) is 19.3 Å². The number of aliphatic hydroxyl groups is 1. The molecule has 1 heterocycles. The first-order valence-electron chi connectivity index (χ1n) is 7.99. The number of rotatable bonds is 1. The molecule has 0 spiro atoms. The number of carbonyl (C=O) groups is 2. The fourth-order valence-electron chi connectivity index (χ4n) is 4.84. The lowest BCUT2D eigenvalue weighted by molar-refractivity contribution is -0.178. The molecule has 1 aliphatic heterocycles. The smallest absolute Gasteiger partial charge is 0.309 e. The number of aliphatic hydroxyl groups excluding tert-OH is 1. The highest BCUT2D eigenvalue weighted by Gasteiger charge is 2.63. The monoisotopic (exact) mass is 308 g/mol. The van der Waals surface area contributed by atoms with Crippen LogP contribution in [0.3, 0.4) is 0 Å². The second kappa shape index (κ2) is 5.08. The first kappa shape index (κ1) is 15.5. The average Bonchev–Trinajstić information content (AvgIpc) is 2.70. The number of ether oxygens (including phenoxy) is 2. The third kappa shape index (κ3) is 2.09. The number of esters is 2. The molecule has 2 saturated carbocycles. The van der Waals surface area contributed by atoms with E-state index in [0.717, 1.165) is 12.0 Å². The molecule has 0 amide bonds. The third-order valence-electron chi connectivity index (χ3n) is 5.95. The predicted molar refractivity (Wildman–Crippen MR) is 78.7 cm³/mol. The molecule has 0 bridgehead atoms. The quantitative estimate of drug-likeness (QED) is 0.591. The minimum atomic E-state index is -0.503. The van der Waals surface area contributed by atoms with Crippen molar-refractivity contribution >= 4 is 11.9 Å². The molecule has 3 aliphatic rings. The molecule has 7 atom stereocenters. The van der Waals surface area contributed by atoms with Gasteiger partial charge >= 0.3 is 11.9 Å². The SMILES string of the molecule is C=C1CC[C@@H](O)[C@]2(C)C[C@H](OC(C)=O)[C@@H]3[C@H](OC(=O)[C@H]3C)[C@@H]12. The highest BCUT2D eigenvalue weighted by atomic mass is 16.6. The van der Waals surface area contributed by atoms with E-state index in [1.165, 1.54) is 6.92 Å². The maximum atomic E-state index is 12.1. The summed E-state index contributed by atoms with van der Waals surface area (Å²) >= 11 is 0. The lowest BCUT2D eigenvalue weighted by Crippen LogP contribution is -2.58. The Kier molecular flexibility index (Phi) is 3.59. The van der Waals surface area contributed by atoms with E-state index in [0.29, 0.717) is 12.8 Å². The molecule has 22 heavy (non-hydrogen) atoms. The minimum absolute atomic E-state index is 0.0676. The first-order valence-corrected chi connectivity index (χ1v) is 7.99. The Bertz CT molecular complexity index is 527. The summed E-state index contributed by atoms with van der Waals surface area (Å²) < 4.78 is 11.2. The van der Waals surface area contributed by atoms with Gasteiger partial charge in [0.1, 0.15) is 12.2 Å². The third-order valence-corrected chi connectivity index (χ3v) is 5.95. The molecule has 122 valence electrons. The standard InChI is InChI=1S/C17H24O5/c1-8-5-6-12(19)17(4)7-11(21-10(3)18)13-9(2)16(20)22-15(13)14(8)17/h9,11-15,19H,1,5-7H2,2-4H3/t9-,11-,12+,13+,14+,15-,17-/m0/s1. The summed E-state index contributed by atoms with van der Waals surface area (Å²) in [7, 11) is 0. The van der Waals surface area contributed by atoms with Crippen molar-refractivity contribution in [1.29, 1.82) is 0 Å². The summed E-state index contributed by atoms with van der Waals surface area (Å²) in [4.78, 5) is 23.6. The Morgan fingerprint density at radius 3 is 2.82 bits per heavy atom. The van der Waals surface area contributed by atoms with Crippen LogP contribution in [-0.2, 0) is 19.1 Å². The van der Waals surface area contributed by atoms with Crippen molar-refractivity contribution in [2.45, 2.75) is 58.3 Å². The van der Waals surface area contributed by atoms with Gasteiger partial charge in [0.25, 0.3) is 0 Å². The highest BCUT2D eigenvalue weighted by molar-refractivity contribution is 5.75. The van der Waals surface area contributed by atoms with Crippen LogP contribution in [-0.4, -0.2) is 35.4 Å². The van der Waals surface area contributed by atoms with Gasteiger partial charge in [-0.15, -0.1) is 0 Å². The van der Waals surface area contributed by atoms with Crippen LogP contribution in [0.2, 0.25) is 0 Å². The number of fused-ring (bicyclic) bond motifs is 3. The molecule has 5 nitrogen and oxygen atoms in total. The summed E-state index contributed by atoms with van der Waals surface area (Å²) in [5.74, 6) is -1.13. The summed E-state index contributed by atoms with van der Waals surface area (Å²) in [6.45, 7) is 9.37. The van der Waals surface area contributed by atoms with Gasteiger partial charge in [0.2, 0.25) is 0 Å². The largest absolute Gasteiger partial charge is 0.462 e. The van der Waals surface area contributed by atoms with Crippen molar-refractivity contribution in [2.75, 3.05) is 0 Å². The van der Waals surface area contributed by atoms with E-state index >= 15 is 0 Å². The average molecular weight is 308 g/mol. The molecule has 0 aromatic heterocycles. The van der Waals surface area contributed by atoms with E-state index in [4.69, 9.17) is 9.47 Å².